The Labute approximate surface area is 141 Å². The molecule has 0 aliphatic heterocycles. The normalized spacial score (nSPS) is 12.8. The topological polar surface area (TPSA) is 57.6 Å². The second-order valence-electron chi connectivity index (χ2n) is 6.77. The van der Waals surface area contributed by atoms with Crippen LogP contribution in [-0.2, 0) is 0 Å². The van der Waals surface area contributed by atoms with E-state index in [0.29, 0.717) is 23.2 Å². The van der Waals surface area contributed by atoms with Crippen LogP contribution in [0.1, 0.15) is 47.1 Å². The summed E-state index contributed by atoms with van der Waals surface area (Å²) < 4.78 is 0. The van der Waals surface area contributed by atoms with E-state index in [-0.39, 0.29) is 18.2 Å². The summed E-state index contributed by atoms with van der Waals surface area (Å²) in [7, 11) is 0. The number of likely N-dealkylation sites (N-methyl/N-ethyl adjacent to an activating group) is 1. The third-order valence-corrected chi connectivity index (χ3v) is 4.22. The summed E-state index contributed by atoms with van der Waals surface area (Å²) in [6.45, 7) is 5.96. The first-order valence-corrected chi connectivity index (χ1v) is 8.11. The molecule has 2 aromatic rings. The molecular weight excluding hydrogens is 302 g/mol. The molecule has 1 aliphatic carbocycles. The zero-order valence-corrected chi connectivity index (χ0v) is 14.2. The number of carbonyl (C=O) groups excluding carboxylic acids is 2. The SMILES string of the molecule is CCN(CC(C)(C)O)C(=O)c1ccc2c(c1)C(=O)c1ccccc1-2. The van der Waals surface area contributed by atoms with Crippen LogP contribution >= 0.6 is 0 Å². The molecule has 0 saturated heterocycles. The van der Waals surface area contributed by atoms with Gasteiger partial charge in [-0.05, 0) is 44.0 Å². The van der Waals surface area contributed by atoms with Crippen molar-refractivity contribution in [1.82, 2.24) is 4.90 Å². The molecule has 1 amide bonds. The van der Waals surface area contributed by atoms with Gasteiger partial charge in [0.15, 0.2) is 5.78 Å². The zero-order valence-electron chi connectivity index (χ0n) is 14.2. The third kappa shape index (κ3) is 2.85. The van der Waals surface area contributed by atoms with E-state index in [2.05, 4.69) is 0 Å². The first-order chi connectivity index (χ1) is 11.3. The van der Waals surface area contributed by atoms with Crippen LogP contribution in [0.15, 0.2) is 42.5 Å². The quantitative estimate of drug-likeness (QED) is 0.802. The van der Waals surface area contributed by atoms with Crippen LogP contribution in [0.25, 0.3) is 11.1 Å². The van der Waals surface area contributed by atoms with Gasteiger partial charge >= 0.3 is 0 Å². The number of nitrogens with zero attached hydrogens (tertiary/aromatic N) is 1. The first kappa shape index (κ1) is 16.4. The van der Waals surface area contributed by atoms with Crippen molar-refractivity contribution in [3.8, 4) is 11.1 Å². The van der Waals surface area contributed by atoms with E-state index in [9.17, 15) is 14.7 Å². The lowest BCUT2D eigenvalue weighted by Crippen LogP contribution is -2.42. The maximum atomic E-state index is 12.7. The number of ketones is 1. The van der Waals surface area contributed by atoms with E-state index in [4.69, 9.17) is 0 Å². The molecule has 3 rings (SSSR count). The first-order valence-electron chi connectivity index (χ1n) is 8.11. The third-order valence-electron chi connectivity index (χ3n) is 4.22. The van der Waals surface area contributed by atoms with Crippen LogP contribution in [0, 0.1) is 0 Å². The average Bonchev–Trinajstić information content (AvgIpc) is 2.84. The molecule has 124 valence electrons. The number of benzene rings is 2. The van der Waals surface area contributed by atoms with Crippen molar-refractivity contribution in [1.29, 1.82) is 0 Å². The Kier molecular flexibility index (Phi) is 4.01. The highest BCUT2D eigenvalue weighted by Gasteiger charge is 2.28. The molecule has 1 N–H and O–H groups in total. The van der Waals surface area contributed by atoms with Crippen molar-refractivity contribution in [3.05, 3.63) is 59.2 Å². The minimum Gasteiger partial charge on any atom is -0.389 e. The van der Waals surface area contributed by atoms with Crippen LogP contribution in [0.2, 0.25) is 0 Å². The molecule has 0 aromatic heterocycles. The maximum absolute atomic E-state index is 12.7. The van der Waals surface area contributed by atoms with Gasteiger partial charge in [0.1, 0.15) is 0 Å². The van der Waals surface area contributed by atoms with Crippen molar-refractivity contribution >= 4 is 11.7 Å². The van der Waals surface area contributed by atoms with Gasteiger partial charge in [-0.3, -0.25) is 9.59 Å². The summed E-state index contributed by atoms with van der Waals surface area (Å²) >= 11 is 0. The zero-order chi connectivity index (χ0) is 17.5. The van der Waals surface area contributed by atoms with Gasteiger partial charge in [0.2, 0.25) is 0 Å². The number of aliphatic hydroxyl groups is 1. The number of fused-ring (bicyclic) bond motifs is 3. The molecule has 24 heavy (non-hydrogen) atoms. The van der Waals surface area contributed by atoms with E-state index < -0.39 is 5.60 Å². The largest absolute Gasteiger partial charge is 0.389 e. The molecule has 0 unspecified atom stereocenters. The Morgan fingerprint density at radius 2 is 1.67 bits per heavy atom. The summed E-state index contributed by atoms with van der Waals surface area (Å²) in [6, 6.07) is 12.7. The molecule has 4 nitrogen and oxygen atoms in total. The van der Waals surface area contributed by atoms with Crippen molar-refractivity contribution in [2.45, 2.75) is 26.4 Å². The molecule has 0 bridgehead atoms. The molecule has 0 radical (unpaired) electrons. The number of rotatable bonds is 4. The van der Waals surface area contributed by atoms with E-state index in [1.165, 1.54) is 0 Å². The number of hydrogen-bond donors (Lipinski definition) is 1. The molecular formula is C20H21NO3. The summed E-state index contributed by atoms with van der Waals surface area (Å²) in [5, 5.41) is 9.98. The van der Waals surface area contributed by atoms with Gasteiger partial charge in [-0.15, -0.1) is 0 Å². The van der Waals surface area contributed by atoms with E-state index in [1.54, 1.807) is 30.9 Å². The van der Waals surface area contributed by atoms with E-state index in [0.717, 1.165) is 11.1 Å². The van der Waals surface area contributed by atoms with Gasteiger partial charge in [0, 0.05) is 29.8 Å². The minimum atomic E-state index is -0.964. The van der Waals surface area contributed by atoms with Gasteiger partial charge in [-0.25, -0.2) is 0 Å². The van der Waals surface area contributed by atoms with Crippen LogP contribution in [0.4, 0.5) is 0 Å². The number of carbonyl (C=O) groups is 2. The van der Waals surface area contributed by atoms with Crippen molar-refractivity contribution in [2.24, 2.45) is 0 Å². The summed E-state index contributed by atoms with van der Waals surface area (Å²) in [5.41, 5.74) is 2.55. The lowest BCUT2D eigenvalue weighted by atomic mass is 10.0. The molecule has 0 atom stereocenters. The maximum Gasteiger partial charge on any atom is 0.253 e. The Hall–Kier alpha value is -2.46. The molecule has 0 fully saturated rings. The van der Waals surface area contributed by atoms with E-state index in [1.807, 2.05) is 37.3 Å². The predicted octanol–water partition coefficient (Wildman–Crippen LogP) is 3.13. The van der Waals surface area contributed by atoms with Gasteiger partial charge < -0.3 is 10.0 Å². The summed E-state index contributed by atoms with van der Waals surface area (Å²) in [4.78, 5) is 26.9. The van der Waals surface area contributed by atoms with E-state index >= 15 is 0 Å². The molecule has 0 heterocycles. The van der Waals surface area contributed by atoms with Gasteiger partial charge in [0.25, 0.3) is 5.91 Å². The van der Waals surface area contributed by atoms with Gasteiger partial charge in [-0.1, -0.05) is 30.3 Å². The Balaban J connectivity index is 1.96. The molecule has 2 aromatic carbocycles. The average molecular weight is 323 g/mol. The van der Waals surface area contributed by atoms with Gasteiger partial charge in [-0.2, -0.15) is 0 Å². The summed E-state index contributed by atoms with van der Waals surface area (Å²) in [5.74, 6) is -0.216. The van der Waals surface area contributed by atoms with Crippen LogP contribution in [-0.4, -0.2) is 40.4 Å². The summed E-state index contributed by atoms with van der Waals surface area (Å²) in [6.07, 6.45) is 0. The Bertz CT molecular complexity index is 818. The molecule has 1 aliphatic rings. The smallest absolute Gasteiger partial charge is 0.253 e. The number of amides is 1. The highest BCUT2D eigenvalue weighted by Crippen LogP contribution is 2.36. The second-order valence-corrected chi connectivity index (χ2v) is 6.77. The number of hydrogen-bond acceptors (Lipinski definition) is 3. The Morgan fingerprint density at radius 3 is 2.29 bits per heavy atom. The Morgan fingerprint density at radius 1 is 1.04 bits per heavy atom. The fraction of sp³-hybridized carbons (Fsp3) is 0.300. The molecule has 0 spiro atoms. The lowest BCUT2D eigenvalue weighted by molar-refractivity contribution is 0.0314. The minimum absolute atomic E-state index is 0.0409. The van der Waals surface area contributed by atoms with Crippen molar-refractivity contribution in [2.75, 3.05) is 13.1 Å². The van der Waals surface area contributed by atoms with Crippen molar-refractivity contribution in [3.63, 3.8) is 0 Å². The van der Waals surface area contributed by atoms with Gasteiger partial charge in [0.05, 0.1) is 5.60 Å². The second kappa shape index (κ2) is 5.87. The van der Waals surface area contributed by atoms with Crippen LogP contribution in [0.3, 0.4) is 0 Å². The van der Waals surface area contributed by atoms with Crippen LogP contribution in [0.5, 0.6) is 0 Å². The standard InChI is InChI=1S/C20H21NO3/c1-4-21(12-20(2,3)24)19(23)13-9-10-15-14-7-5-6-8-16(14)18(22)17(15)11-13/h5-11,24H,4,12H2,1-3H3. The van der Waals surface area contributed by atoms with Crippen LogP contribution < -0.4 is 0 Å². The lowest BCUT2D eigenvalue weighted by Gasteiger charge is -2.28. The fourth-order valence-corrected chi connectivity index (χ4v) is 3.14. The highest BCUT2D eigenvalue weighted by molar-refractivity contribution is 6.22. The fourth-order valence-electron chi connectivity index (χ4n) is 3.14. The molecule has 0 saturated carbocycles. The van der Waals surface area contributed by atoms with Crippen molar-refractivity contribution < 1.29 is 14.7 Å². The predicted molar refractivity (Wildman–Crippen MR) is 93.2 cm³/mol. The highest BCUT2D eigenvalue weighted by atomic mass is 16.3. The molecule has 4 heteroatoms. The monoisotopic (exact) mass is 323 g/mol.